The summed E-state index contributed by atoms with van der Waals surface area (Å²) in [6.07, 6.45) is 2.70. The van der Waals surface area contributed by atoms with E-state index in [0.29, 0.717) is 17.0 Å². The molecule has 0 bridgehead atoms. The number of fused-ring (bicyclic) bond motifs is 1. The third kappa shape index (κ3) is 2.36. The maximum Gasteiger partial charge on any atom is 0.165 e. The van der Waals surface area contributed by atoms with Crippen LogP contribution in [0.5, 0.6) is 0 Å². The molecule has 2 aromatic heterocycles. The fraction of sp³-hybridized carbons (Fsp3) is 0.643. The van der Waals surface area contributed by atoms with E-state index in [2.05, 4.69) is 20.3 Å². The maximum absolute atomic E-state index is 10.3. The zero-order chi connectivity index (χ0) is 16.0. The molecule has 0 amide bonds. The molecule has 5 atom stereocenters. The lowest BCUT2D eigenvalue weighted by Crippen LogP contribution is -2.45. The number of nitrogens with one attached hydrogen (secondary N) is 1. The van der Waals surface area contributed by atoms with Crippen LogP contribution in [-0.2, 0) is 4.74 Å². The van der Waals surface area contributed by atoms with Crippen LogP contribution in [0.3, 0.4) is 0 Å². The van der Waals surface area contributed by atoms with Gasteiger partial charge >= 0.3 is 0 Å². The Kier molecular flexibility index (Phi) is 3.64. The molecule has 2 aromatic rings. The summed E-state index contributed by atoms with van der Waals surface area (Å²) in [6.45, 7) is 1.04. The summed E-state index contributed by atoms with van der Waals surface area (Å²) >= 11 is 0. The molecule has 23 heavy (non-hydrogen) atoms. The van der Waals surface area contributed by atoms with Crippen molar-refractivity contribution in [3.63, 3.8) is 0 Å². The Morgan fingerprint density at radius 2 is 2.22 bits per heavy atom. The lowest BCUT2D eigenvalue weighted by molar-refractivity contribution is -0.0119. The van der Waals surface area contributed by atoms with Crippen molar-refractivity contribution in [3.05, 3.63) is 12.7 Å². The largest absolute Gasteiger partial charge is 0.388 e. The Labute approximate surface area is 132 Å². The van der Waals surface area contributed by atoms with E-state index in [0.717, 1.165) is 19.4 Å². The van der Waals surface area contributed by atoms with Crippen molar-refractivity contribution in [3.8, 4) is 0 Å². The summed E-state index contributed by atoms with van der Waals surface area (Å²) in [5.41, 5.74) is 7.00. The van der Waals surface area contributed by atoms with E-state index in [9.17, 15) is 10.2 Å². The van der Waals surface area contributed by atoms with Gasteiger partial charge in [0, 0.05) is 6.04 Å². The number of aliphatic hydroxyl groups excluding tert-OH is 2. The summed E-state index contributed by atoms with van der Waals surface area (Å²) in [6, 6.07) is -0.127. The van der Waals surface area contributed by atoms with Crippen LogP contribution in [0.2, 0.25) is 0 Å². The lowest BCUT2D eigenvalue weighted by Gasteiger charge is -2.31. The van der Waals surface area contributed by atoms with Gasteiger partial charge in [-0.05, 0) is 19.4 Å². The van der Waals surface area contributed by atoms with E-state index in [-0.39, 0.29) is 18.7 Å². The molecule has 2 fully saturated rings. The number of hydrogen-bond donors (Lipinski definition) is 4. The van der Waals surface area contributed by atoms with Gasteiger partial charge in [0.2, 0.25) is 0 Å². The van der Waals surface area contributed by atoms with Gasteiger partial charge in [0.15, 0.2) is 11.5 Å². The fourth-order valence-electron chi connectivity index (χ4n) is 3.60. The van der Waals surface area contributed by atoms with Crippen molar-refractivity contribution in [1.29, 1.82) is 0 Å². The van der Waals surface area contributed by atoms with Gasteiger partial charge in [-0.1, -0.05) is 0 Å². The summed E-state index contributed by atoms with van der Waals surface area (Å²) < 4.78 is 7.57. The highest BCUT2D eigenvalue weighted by molar-refractivity contribution is 5.81. The molecule has 0 saturated carbocycles. The van der Waals surface area contributed by atoms with Gasteiger partial charge in [0.25, 0.3) is 0 Å². The van der Waals surface area contributed by atoms with Crippen molar-refractivity contribution < 1.29 is 14.9 Å². The molecule has 124 valence electrons. The summed E-state index contributed by atoms with van der Waals surface area (Å²) in [5.74, 6) is 0.319. The zero-order valence-corrected chi connectivity index (χ0v) is 12.5. The molecule has 5 unspecified atom stereocenters. The van der Waals surface area contributed by atoms with Gasteiger partial charge in [-0.3, -0.25) is 0 Å². The normalized spacial score (nSPS) is 32.6. The van der Waals surface area contributed by atoms with Crippen LogP contribution in [-0.4, -0.2) is 67.2 Å². The molecule has 9 heteroatoms. The topological polar surface area (TPSA) is 131 Å². The van der Waals surface area contributed by atoms with Crippen molar-refractivity contribution in [2.75, 3.05) is 18.9 Å². The summed E-state index contributed by atoms with van der Waals surface area (Å²) in [5, 5.41) is 23.6. The summed E-state index contributed by atoms with van der Waals surface area (Å²) in [4.78, 5) is 12.6. The van der Waals surface area contributed by atoms with E-state index >= 15 is 0 Å². The highest BCUT2D eigenvalue weighted by atomic mass is 16.5. The van der Waals surface area contributed by atoms with Crippen molar-refractivity contribution in [2.45, 2.75) is 43.2 Å². The minimum absolute atomic E-state index is 0.105. The molecule has 0 aliphatic carbocycles. The Bertz CT molecular complexity index is 701. The zero-order valence-electron chi connectivity index (χ0n) is 12.5. The average molecular weight is 320 g/mol. The molecule has 2 aliphatic rings. The van der Waals surface area contributed by atoms with Crippen LogP contribution < -0.4 is 11.1 Å². The first-order valence-electron chi connectivity index (χ1n) is 7.81. The number of nitrogens with zero attached hydrogens (tertiary/aromatic N) is 4. The number of anilines is 1. The lowest BCUT2D eigenvalue weighted by atomic mass is 9.96. The molecule has 0 aromatic carbocycles. The second kappa shape index (κ2) is 5.68. The fourth-order valence-corrected chi connectivity index (χ4v) is 3.60. The van der Waals surface area contributed by atoms with E-state index in [1.54, 1.807) is 6.33 Å². The van der Waals surface area contributed by atoms with Gasteiger partial charge in [-0.15, -0.1) is 0 Å². The maximum atomic E-state index is 10.3. The molecule has 2 saturated heterocycles. The van der Waals surface area contributed by atoms with Crippen molar-refractivity contribution in [2.24, 2.45) is 0 Å². The second-order valence-electron chi connectivity index (χ2n) is 6.13. The number of aliphatic hydroxyl groups is 2. The SMILES string of the molecule is Nc1ncnc2c1ncn2C(C1CCCN1)C1OCC(O)C1O. The smallest absolute Gasteiger partial charge is 0.165 e. The Hall–Kier alpha value is -1.81. The number of ether oxygens (including phenoxy) is 1. The average Bonchev–Trinajstić information content (AvgIpc) is 3.26. The Balaban J connectivity index is 1.79. The van der Waals surface area contributed by atoms with Crippen molar-refractivity contribution in [1.82, 2.24) is 24.8 Å². The minimum Gasteiger partial charge on any atom is -0.388 e. The third-order valence-electron chi connectivity index (χ3n) is 4.75. The number of nitrogen functional groups attached to an aromatic ring is 1. The van der Waals surface area contributed by atoms with Gasteiger partial charge in [-0.25, -0.2) is 15.0 Å². The first kappa shape index (κ1) is 14.8. The van der Waals surface area contributed by atoms with E-state index < -0.39 is 18.3 Å². The number of aromatic nitrogens is 4. The highest BCUT2D eigenvalue weighted by Gasteiger charge is 2.45. The van der Waals surface area contributed by atoms with Gasteiger partial charge in [-0.2, -0.15) is 0 Å². The van der Waals surface area contributed by atoms with Crippen LogP contribution in [0.15, 0.2) is 12.7 Å². The van der Waals surface area contributed by atoms with Crippen molar-refractivity contribution >= 4 is 17.0 Å². The quantitative estimate of drug-likeness (QED) is 0.556. The molecular weight excluding hydrogens is 300 g/mol. The molecule has 9 nitrogen and oxygen atoms in total. The second-order valence-corrected chi connectivity index (χ2v) is 6.13. The number of nitrogens with two attached hydrogens (primary N) is 1. The van der Waals surface area contributed by atoms with Crippen LogP contribution in [0.25, 0.3) is 11.2 Å². The first-order valence-corrected chi connectivity index (χ1v) is 7.81. The number of imidazole rings is 1. The third-order valence-corrected chi connectivity index (χ3v) is 4.75. The molecule has 5 N–H and O–H groups in total. The molecule has 0 spiro atoms. The number of rotatable bonds is 3. The van der Waals surface area contributed by atoms with Crippen LogP contribution >= 0.6 is 0 Å². The van der Waals surface area contributed by atoms with Crippen LogP contribution in [0, 0.1) is 0 Å². The molecule has 2 aliphatic heterocycles. The predicted octanol–water partition coefficient (Wildman–Crippen LogP) is -1.18. The van der Waals surface area contributed by atoms with E-state index in [1.807, 2.05) is 4.57 Å². The van der Waals surface area contributed by atoms with E-state index in [1.165, 1.54) is 6.33 Å². The molecule has 4 heterocycles. The highest BCUT2D eigenvalue weighted by Crippen LogP contribution is 2.33. The summed E-state index contributed by atoms with van der Waals surface area (Å²) in [7, 11) is 0. The monoisotopic (exact) mass is 320 g/mol. The van der Waals surface area contributed by atoms with Crippen LogP contribution in [0.1, 0.15) is 18.9 Å². The standard InChI is InChI=1S/C14H20N6O3/c15-13-9-14(18-5-17-13)20(6-19-9)10(7-2-1-3-16-7)12-11(22)8(21)4-23-12/h5-8,10-12,16,21-22H,1-4H2,(H2,15,17,18). The van der Waals surface area contributed by atoms with Gasteiger partial charge < -0.3 is 30.6 Å². The minimum atomic E-state index is -0.945. The molecule has 0 radical (unpaired) electrons. The number of hydrogen-bond acceptors (Lipinski definition) is 8. The molecule has 4 rings (SSSR count). The Morgan fingerprint density at radius 1 is 1.35 bits per heavy atom. The van der Waals surface area contributed by atoms with Gasteiger partial charge in [0.05, 0.1) is 19.0 Å². The Morgan fingerprint density at radius 3 is 2.91 bits per heavy atom. The van der Waals surface area contributed by atoms with E-state index in [4.69, 9.17) is 10.5 Å². The first-order chi connectivity index (χ1) is 11.2. The van der Waals surface area contributed by atoms with Crippen LogP contribution in [0.4, 0.5) is 5.82 Å². The predicted molar refractivity (Wildman–Crippen MR) is 81.6 cm³/mol. The van der Waals surface area contributed by atoms with Gasteiger partial charge in [0.1, 0.15) is 30.2 Å². The molecular formula is C14H20N6O3.